The lowest BCUT2D eigenvalue weighted by atomic mass is 10.2. The van der Waals surface area contributed by atoms with E-state index in [0.29, 0.717) is 31.0 Å². The van der Waals surface area contributed by atoms with Gasteiger partial charge in [-0.1, -0.05) is 0 Å². The molecule has 0 atom stereocenters. The number of ether oxygens (including phenoxy) is 2. The molecule has 1 heterocycles. The third-order valence-electron chi connectivity index (χ3n) is 2.79. The van der Waals surface area contributed by atoms with Crippen molar-refractivity contribution in [1.29, 1.82) is 0 Å². The number of nitro benzene ring substituents is 1. The first-order chi connectivity index (χ1) is 9.49. The van der Waals surface area contributed by atoms with Gasteiger partial charge in [-0.25, -0.2) is 4.79 Å². The summed E-state index contributed by atoms with van der Waals surface area (Å²) >= 11 is 0. The topological polar surface area (TPSA) is 81.9 Å². The van der Waals surface area contributed by atoms with E-state index in [0.717, 1.165) is 0 Å². The maximum Gasteiger partial charge on any atom is 0.414 e. The molecule has 1 amide bonds. The number of hydrogen-bond acceptors (Lipinski definition) is 5. The molecule has 1 aliphatic heterocycles. The number of nitro groups is 1. The smallest absolute Gasteiger partial charge is 0.414 e. The van der Waals surface area contributed by atoms with E-state index in [4.69, 9.17) is 9.47 Å². The van der Waals surface area contributed by atoms with Crippen LogP contribution in [-0.2, 0) is 4.74 Å². The zero-order valence-corrected chi connectivity index (χ0v) is 11.4. The Balaban J connectivity index is 2.34. The molecule has 0 bridgehead atoms. The fourth-order valence-corrected chi connectivity index (χ4v) is 1.94. The fraction of sp³-hybridized carbons (Fsp3) is 0.462. The molecule has 1 aliphatic rings. The summed E-state index contributed by atoms with van der Waals surface area (Å²) in [5, 5.41) is 10.8. The number of anilines is 1. The summed E-state index contributed by atoms with van der Waals surface area (Å²) in [6.07, 6.45) is -0.0656. The molecule has 0 saturated heterocycles. The summed E-state index contributed by atoms with van der Waals surface area (Å²) in [5.74, 6) is 0.331. The van der Waals surface area contributed by atoms with E-state index in [9.17, 15) is 14.9 Å². The van der Waals surface area contributed by atoms with Crippen molar-refractivity contribution in [3.05, 3.63) is 28.3 Å². The average molecular weight is 280 g/mol. The van der Waals surface area contributed by atoms with Crippen molar-refractivity contribution in [1.82, 2.24) is 0 Å². The molecule has 1 aromatic carbocycles. The van der Waals surface area contributed by atoms with Crippen molar-refractivity contribution in [3.63, 3.8) is 0 Å². The molecule has 0 fully saturated rings. The van der Waals surface area contributed by atoms with Crippen LogP contribution in [0.5, 0.6) is 5.75 Å². The first-order valence-corrected chi connectivity index (χ1v) is 6.38. The van der Waals surface area contributed by atoms with Gasteiger partial charge in [-0.3, -0.25) is 15.0 Å². The molecule has 0 unspecified atom stereocenters. The number of non-ortho nitro benzene ring substituents is 1. The third-order valence-corrected chi connectivity index (χ3v) is 2.79. The molecule has 0 saturated carbocycles. The lowest BCUT2D eigenvalue weighted by Crippen LogP contribution is -2.33. The van der Waals surface area contributed by atoms with Crippen LogP contribution < -0.4 is 9.64 Å². The molecule has 1 aromatic rings. The molecule has 2 rings (SSSR count). The van der Waals surface area contributed by atoms with Gasteiger partial charge in [-0.15, -0.1) is 0 Å². The van der Waals surface area contributed by atoms with Crippen LogP contribution >= 0.6 is 0 Å². The van der Waals surface area contributed by atoms with E-state index >= 15 is 0 Å². The van der Waals surface area contributed by atoms with Gasteiger partial charge < -0.3 is 9.47 Å². The van der Waals surface area contributed by atoms with E-state index in [-0.39, 0.29) is 11.8 Å². The minimum Gasteiger partial charge on any atom is -0.491 e. The molecule has 7 nitrogen and oxygen atoms in total. The van der Waals surface area contributed by atoms with Crippen LogP contribution in [0.2, 0.25) is 0 Å². The highest BCUT2D eigenvalue weighted by Gasteiger charge is 2.25. The Labute approximate surface area is 116 Å². The highest BCUT2D eigenvalue weighted by atomic mass is 16.6. The number of carbonyl (C=O) groups excluding carboxylic acids is 1. The summed E-state index contributed by atoms with van der Waals surface area (Å²) < 4.78 is 10.6. The fourth-order valence-electron chi connectivity index (χ4n) is 1.94. The van der Waals surface area contributed by atoms with Crippen LogP contribution in [0.1, 0.15) is 20.3 Å². The molecule has 20 heavy (non-hydrogen) atoms. The first kappa shape index (κ1) is 14.1. The highest BCUT2D eigenvalue weighted by molar-refractivity contribution is 5.90. The normalized spacial score (nSPS) is 14.2. The maximum absolute atomic E-state index is 12.1. The minimum absolute atomic E-state index is 0.0668. The number of rotatable bonds is 2. The third kappa shape index (κ3) is 2.98. The van der Waals surface area contributed by atoms with Gasteiger partial charge in [0.25, 0.3) is 5.69 Å². The lowest BCUT2D eigenvalue weighted by Gasteiger charge is -2.22. The predicted molar refractivity (Wildman–Crippen MR) is 72.2 cm³/mol. The van der Waals surface area contributed by atoms with Crippen molar-refractivity contribution in [2.45, 2.75) is 26.4 Å². The van der Waals surface area contributed by atoms with Crippen LogP contribution in [0.4, 0.5) is 16.2 Å². The highest BCUT2D eigenvalue weighted by Crippen LogP contribution is 2.34. The van der Waals surface area contributed by atoms with Gasteiger partial charge >= 0.3 is 6.09 Å². The quantitative estimate of drug-likeness (QED) is 0.614. The first-order valence-electron chi connectivity index (χ1n) is 6.38. The number of hydrogen-bond donors (Lipinski definition) is 0. The van der Waals surface area contributed by atoms with Crippen molar-refractivity contribution in [2.24, 2.45) is 0 Å². The average Bonchev–Trinajstić information content (AvgIpc) is 2.59. The Morgan fingerprint density at radius 3 is 2.90 bits per heavy atom. The lowest BCUT2D eigenvalue weighted by molar-refractivity contribution is -0.384. The number of amides is 1. The summed E-state index contributed by atoms with van der Waals surface area (Å²) in [4.78, 5) is 23.8. The van der Waals surface area contributed by atoms with Gasteiger partial charge in [0.15, 0.2) is 0 Å². The van der Waals surface area contributed by atoms with Crippen molar-refractivity contribution in [3.8, 4) is 5.75 Å². The molecular formula is C13H16N2O5. The Kier molecular flexibility index (Phi) is 4.07. The Morgan fingerprint density at radius 1 is 1.50 bits per heavy atom. The van der Waals surface area contributed by atoms with Crippen LogP contribution in [0.3, 0.4) is 0 Å². The van der Waals surface area contributed by atoms with Gasteiger partial charge in [-0.05, 0) is 26.3 Å². The van der Waals surface area contributed by atoms with Crippen molar-refractivity contribution < 1.29 is 19.2 Å². The van der Waals surface area contributed by atoms with Crippen LogP contribution in [-0.4, -0.2) is 30.3 Å². The number of fused-ring (bicyclic) bond motifs is 1. The Hall–Kier alpha value is -2.31. The summed E-state index contributed by atoms with van der Waals surface area (Å²) in [7, 11) is 0. The van der Waals surface area contributed by atoms with E-state index < -0.39 is 11.0 Å². The SMILES string of the molecule is CC(C)OC(=O)N1CCCOc2cc([N+](=O)[O-])ccc21. The maximum atomic E-state index is 12.1. The largest absolute Gasteiger partial charge is 0.491 e. The monoisotopic (exact) mass is 280 g/mol. The number of benzene rings is 1. The zero-order chi connectivity index (χ0) is 14.7. The number of nitrogens with zero attached hydrogens (tertiary/aromatic N) is 2. The van der Waals surface area contributed by atoms with E-state index in [2.05, 4.69) is 0 Å². The van der Waals surface area contributed by atoms with Gasteiger partial charge in [0.2, 0.25) is 0 Å². The summed E-state index contributed by atoms with van der Waals surface area (Å²) in [6.45, 7) is 4.39. The van der Waals surface area contributed by atoms with Gasteiger partial charge in [0.1, 0.15) is 5.75 Å². The predicted octanol–water partition coefficient (Wildman–Crippen LogP) is 2.73. The summed E-state index contributed by atoms with van der Waals surface area (Å²) in [6, 6.07) is 4.19. The van der Waals surface area contributed by atoms with Gasteiger partial charge in [-0.2, -0.15) is 0 Å². The molecule has 7 heteroatoms. The van der Waals surface area contributed by atoms with Crippen LogP contribution in [0.25, 0.3) is 0 Å². The van der Waals surface area contributed by atoms with Crippen LogP contribution in [0, 0.1) is 10.1 Å². The molecule has 0 spiro atoms. The van der Waals surface area contributed by atoms with E-state index in [1.165, 1.54) is 23.1 Å². The Morgan fingerprint density at radius 2 is 2.25 bits per heavy atom. The molecule has 0 N–H and O–H groups in total. The molecule has 0 aliphatic carbocycles. The van der Waals surface area contributed by atoms with Gasteiger partial charge in [0.05, 0.1) is 29.4 Å². The van der Waals surface area contributed by atoms with Crippen molar-refractivity contribution >= 4 is 17.5 Å². The second kappa shape index (κ2) is 5.77. The molecule has 0 aromatic heterocycles. The second-order valence-corrected chi connectivity index (χ2v) is 4.70. The van der Waals surface area contributed by atoms with E-state index in [1.54, 1.807) is 13.8 Å². The van der Waals surface area contributed by atoms with Gasteiger partial charge in [0, 0.05) is 12.6 Å². The summed E-state index contributed by atoms with van der Waals surface area (Å²) in [5.41, 5.74) is 0.432. The van der Waals surface area contributed by atoms with Crippen molar-refractivity contribution in [2.75, 3.05) is 18.1 Å². The molecular weight excluding hydrogens is 264 g/mol. The second-order valence-electron chi connectivity index (χ2n) is 4.70. The minimum atomic E-state index is -0.495. The zero-order valence-electron chi connectivity index (χ0n) is 11.4. The standard InChI is InChI=1S/C13H16N2O5/c1-9(2)20-13(16)14-6-3-7-19-12-8-10(15(17)18)4-5-11(12)14/h4-5,8-9H,3,6-7H2,1-2H3. The molecule has 0 radical (unpaired) electrons. The Bertz CT molecular complexity index is 529. The van der Waals surface area contributed by atoms with E-state index in [1.807, 2.05) is 0 Å². The van der Waals surface area contributed by atoms with Crippen LogP contribution in [0.15, 0.2) is 18.2 Å². The number of carbonyl (C=O) groups is 1. The molecule has 108 valence electrons.